The van der Waals surface area contributed by atoms with Gasteiger partial charge in [0, 0.05) is 27.0 Å². The van der Waals surface area contributed by atoms with Crippen LogP contribution in [0.1, 0.15) is 35.4 Å². The first-order valence-corrected chi connectivity index (χ1v) is 10.9. The van der Waals surface area contributed by atoms with Crippen LogP contribution in [0.25, 0.3) is 0 Å². The Morgan fingerprint density at radius 3 is 2.50 bits per heavy atom. The van der Waals surface area contributed by atoms with E-state index in [-0.39, 0.29) is 12.3 Å². The summed E-state index contributed by atoms with van der Waals surface area (Å²) in [4.78, 5) is 0. The van der Waals surface area contributed by atoms with Gasteiger partial charge in [-0.15, -0.1) is 0 Å². The standard InChI is InChI=1S/C22H15Br2ClN2O/c23-15-10-17-20-12-19(13-4-2-1-3-5-13)26-27(20)22(28-21(17)18(24)11-15)14-6-8-16(25)9-7-14/h1-11,20,22H,12H2/t20-,22-/m1/s1. The van der Waals surface area contributed by atoms with Crippen LogP contribution in [0.5, 0.6) is 5.75 Å². The fraction of sp³-hybridized carbons (Fsp3) is 0.136. The molecule has 0 N–H and O–H groups in total. The Morgan fingerprint density at radius 2 is 1.75 bits per heavy atom. The molecule has 0 saturated carbocycles. The molecule has 2 aliphatic heterocycles. The Hall–Kier alpha value is -1.82. The number of halogens is 3. The molecule has 6 heteroatoms. The number of hydrogen-bond acceptors (Lipinski definition) is 3. The lowest BCUT2D eigenvalue weighted by Crippen LogP contribution is -2.33. The van der Waals surface area contributed by atoms with E-state index in [9.17, 15) is 0 Å². The lowest BCUT2D eigenvalue weighted by atomic mass is 9.96. The minimum absolute atomic E-state index is 0.105. The normalized spacial score (nSPS) is 20.2. The predicted octanol–water partition coefficient (Wildman–Crippen LogP) is 7.11. The Balaban J connectivity index is 1.63. The molecule has 2 atom stereocenters. The quantitative estimate of drug-likeness (QED) is 0.361. The van der Waals surface area contributed by atoms with E-state index in [1.54, 1.807) is 0 Å². The highest BCUT2D eigenvalue weighted by atomic mass is 79.9. The summed E-state index contributed by atoms with van der Waals surface area (Å²) < 4.78 is 8.40. The molecule has 2 aliphatic rings. The van der Waals surface area contributed by atoms with Gasteiger partial charge in [-0.1, -0.05) is 70.0 Å². The van der Waals surface area contributed by atoms with E-state index in [1.807, 2.05) is 48.5 Å². The van der Waals surface area contributed by atoms with E-state index in [1.165, 1.54) is 0 Å². The van der Waals surface area contributed by atoms with Gasteiger partial charge in [-0.3, -0.25) is 0 Å². The molecule has 5 rings (SSSR count). The Bertz CT molecular complexity index is 1070. The Kier molecular flexibility index (Phi) is 4.69. The molecule has 0 aliphatic carbocycles. The maximum Gasteiger partial charge on any atom is 0.213 e. The van der Waals surface area contributed by atoms with E-state index in [0.29, 0.717) is 5.02 Å². The van der Waals surface area contributed by atoms with Crippen LogP contribution in [0.15, 0.2) is 80.8 Å². The number of ether oxygens (including phenoxy) is 1. The van der Waals surface area contributed by atoms with Crippen LogP contribution >= 0.6 is 43.5 Å². The number of hydrazone groups is 1. The lowest BCUT2D eigenvalue weighted by Gasteiger charge is -2.38. The summed E-state index contributed by atoms with van der Waals surface area (Å²) in [7, 11) is 0. The van der Waals surface area contributed by atoms with Crippen molar-refractivity contribution in [1.29, 1.82) is 0 Å². The summed E-state index contributed by atoms with van der Waals surface area (Å²) >= 11 is 13.4. The summed E-state index contributed by atoms with van der Waals surface area (Å²) in [6.45, 7) is 0. The molecule has 0 amide bonds. The average Bonchev–Trinajstić information content (AvgIpc) is 3.15. The summed E-state index contributed by atoms with van der Waals surface area (Å²) in [6.07, 6.45) is 0.515. The molecule has 140 valence electrons. The first kappa shape index (κ1) is 18.2. The predicted molar refractivity (Wildman–Crippen MR) is 119 cm³/mol. The third-order valence-electron chi connectivity index (χ3n) is 5.07. The number of rotatable bonds is 2. The molecule has 0 fully saturated rings. The van der Waals surface area contributed by atoms with Gasteiger partial charge in [-0.05, 0) is 45.8 Å². The smallest absolute Gasteiger partial charge is 0.213 e. The van der Waals surface area contributed by atoms with Crippen LogP contribution in [0.2, 0.25) is 5.02 Å². The maximum atomic E-state index is 6.45. The molecular weight excluding hydrogens is 504 g/mol. The highest BCUT2D eigenvalue weighted by Gasteiger charge is 2.41. The van der Waals surface area contributed by atoms with Crippen molar-refractivity contribution in [1.82, 2.24) is 5.01 Å². The highest BCUT2D eigenvalue weighted by molar-refractivity contribution is 9.11. The summed E-state index contributed by atoms with van der Waals surface area (Å²) in [5, 5.41) is 7.76. The lowest BCUT2D eigenvalue weighted by molar-refractivity contribution is -0.0197. The maximum absolute atomic E-state index is 6.45. The van der Waals surface area contributed by atoms with Gasteiger partial charge in [0.05, 0.1) is 16.2 Å². The van der Waals surface area contributed by atoms with Crippen molar-refractivity contribution in [2.45, 2.75) is 18.7 Å². The van der Waals surface area contributed by atoms with Crippen LogP contribution < -0.4 is 4.74 Å². The van der Waals surface area contributed by atoms with E-state index in [0.717, 1.165) is 43.5 Å². The van der Waals surface area contributed by atoms with E-state index in [2.05, 4.69) is 55.1 Å². The Morgan fingerprint density at radius 1 is 1.00 bits per heavy atom. The van der Waals surface area contributed by atoms with Crippen molar-refractivity contribution in [3.63, 3.8) is 0 Å². The van der Waals surface area contributed by atoms with Gasteiger partial charge in [-0.2, -0.15) is 5.10 Å². The number of hydrogen-bond donors (Lipinski definition) is 0. The fourth-order valence-electron chi connectivity index (χ4n) is 3.77. The number of benzene rings is 3. The second kappa shape index (κ2) is 7.21. The molecule has 0 spiro atoms. The van der Waals surface area contributed by atoms with Crippen LogP contribution in [-0.2, 0) is 0 Å². The van der Waals surface area contributed by atoms with Gasteiger partial charge in [0.2, 0.25) is 6.23 Å². The molecular formula is C22H15Br2ClN2O. The SMILES string of the molecule is Clc1ccc([C@H]2Oc3c(Br)cc(Br)cc3[C@H]3CC(c4ccccc4)=NN32)cc1. The van der Waals surface area contributed by atoms with Crippen LogP contribution in [-0.4, -0.2) is 10.7 Å². The molecule has 0 unspecified atom stereocenters. The molecule has 3 aromatic rings. The van der Waals surface area contributed by atoms with Gasteiger partial charge in [-0.25, -0.2) is 5.01 Å². The van der Waals surface area contributed by atoms with Crippen molar-refractivity contribution in [3.05, 3.63) is 97.4 Å². The minimum Gasteiger partial charge on any atom is -0.463 e. The third-order valence-corrected chi connectivity index (χ3v) is 6.37. The van der Waals surface area contributed by atoms with E-state index < -0.39 is 0 Å². The van der Waals surface area contributed by atoms with Crippen molar-refractivity contribution in [3.8, 4) is 5.75 Å². The molecule has 0 aromatic heterocycles. The molecule has 0 bridgehead atoms. The van der Waals surface area contributed by atoms with Crippen LogP contribution in [0.4, 0.5) is 0 Å². The monoisotopic (exact) mass is 516 g/mol. The van der Waals surface area contributed by atoms with Gasteiger partial charge >= 0.3 is 0 Å². The first-order chi connectivity index (χ1) is 13.6. The van der Waals surface area contributed by atoms with Gasteiger partial charge in [0.15, 0.2) is 0 Å². The van der Waals surface area contributed by atoms with Crippen molar-refractivity contribution in [2.24, 2.45) is 5.10 Å². The van der Waals surface area contributed by atoms with Crippen LogP contribution in [0, 0.1) is 0 Å². The zero-order valence-corrected chi connectivity index (χ0v) is 18.6. The minimum atomic E-state index is -0.312. The van der Waals surface area contributed by atoms with Gasteiger partial charge in [0.1, 0.15) is 5.75 Å². The van der Waals surface area contributed by atoms with Crippen LogP contribution in [0.3, 0.4) is 0 Å². The first-order valence-electron chi connectivity index (χ1n) is 8.92. The largest absolute Gasteiger partial charge is 0.463 e. The number of fused-ring (bicyclic) bond motifs is 3. The fourth-order valence-corrected chi connectivity index (χ4v) is 5.24. The number of nitrogens with zero attached hydrogens (tertiary/aromatic N) is 2. The van der Waals surface area contributed by atoms with Crippen molar-refractivity contribution in [2.75, 3.05) is 0 Å². The molecule has 0 radical (unpaired) electrons. The highest BCUT2D eigenvalue weighted by Crippen LogP contribution is 2.50. The molecule has 3 aromatic carbocycles. The molecule has 2 heterocycles. The van der Waals surface area contributed by atoms with E-state index in [4.69, 9.17) is 21.4 Å². The molecule has 0 saturated heterocycles. The second-order valence-corrected chi connectivity index (χ2v) is 9.05. The second-order valence-electron chi connectivity index (χ2n) is 6.84. The van der Waals surface area contributed by atoms with Crippen molar-refractivity contribution < 1.29 is 4.74 Å². The topological polar surface area (TPSA) is 24.8 Å². The zero-order chi connectivity index (χ0) is 19.3. The molecule has 3 nitrogen and oxygen atoms in total. The Labute approximate surface area is 185 Å². The van der Waals surface area contributed by atoms with E-state index >= 15 is 0 Å². The van der Waals surface area contributed by atoms with Crippen molar-refractivity contribution >= 4 is 49.2 Å². The van der Waals surface area contributed by atoms with Gasteiger partial charge < -0.3 is 4.74 Å². The third kappa shape index (κ3) is 3.15. The zero-order valence-electron chi connectivity index (χ0n) is 14.6. The summed E-state index contributed by atoms with van der Waals surface area (Å²) in [5.74, 6) is 0.869. The summed E-state index contributed by atoms with van der Waals surface area (Å²) in [6, 6.07) is 22.3. The van der Waals surface area contributed by atoms with Gasteiger partial charge in [0.25, 0.3) is 0 Å². The summed E-state index contributed by atoms with van der Waals surface area (Å²) in [5.41, 5.74) is 4.36. The molecule has 28 heavy (non-hydrogen) atoms. The average molecular weight is 519 g/mol.